The average molecular weight is 338 g/mol. The molecule has 0 spiro atoms. The van der Waals surface area contributed by atoms with Gasteiger partial charge in [-0.05, 0) is 24.3 Å². The first-order chi connectivity index (χ1) is 12.2. The number of rotatable bonds is 4. The number of nitrogens with zero attached hydrogens (tertiary/aromatic N) is 2. The van der Waals surface area contributed by atoms with E-state index in [9.17, 15) is 9.59 Å². The van der Waals surface area contributed by atoms with E-state index in [4.69, 9.17) is 0 Å². The second kappa shape index (κ2) is 8.30. The summed E-state index contributed by atoms with van der Waals surface area (Å²) in [6.07, 6.45) is 0. The van der Waals surface area contributed by atoms with E-state index in [1.165, 1.54) is 5.69 Å². The molecule has 1 saturated heterocycles. The maximum Gasteiger partial charge on any atom is 0.325 e. The van der Waals surface area contributed by atoms with Gasteiger partial charge in [-0.1, -0.05) is 36.4 Å². The SMILES string of the molecule is O=C(CN1CCN(c2ccccc2)CC1)NC(=O)Nc1ccccc1. The smallest absolute Gasteiger partial charge is 0.325 e. The molecule has 3 amide bonds. The lowest BCUT2D eigenvalue weighted by Gasteiger charge is -2.35. The molecule has 1 aliphatic rings. The zero-order valence-electron chi connectivity index (χ0n) is 14.0. The van der Waals surface area contributed by atoms with Crippen LogP contribution in [0.1, 0.15) is 0 Å². The van der Waals surface area contributed by atoms with E-state index < -0.39 is 6.03 Å². The molecule has 0 saturated carbocycles. The molecular formula is C19H22N4O2. The van der Waals surface area contributed by atoms with E-state index in [-0.39, 0.29) is 12.5 Å². The minimum absolute atomic E-state index is 0.227. The summed E-state index contributed by atoms with van der Waals surface area (Å²) >= 11 is 0. The van der Waals surface area contributed by atoms with Crippen LogP contribution in [-0.4, -0.2) is 49.6 Å². The number of amides is 3. The Morgan fingerprint density at radius 3 is 2.08 bits per heavy atom. The van der Waals surface area contributed by atoms with Gasteiger partial charge in [0.1, 0.15) is 0 Å². The van der Waals surface area contributed by atoms with E-state index in [1.54, 1.807) is 12.1 Å². The van der Waals surface area contributed by atoms with E-state index in [1.807, 2.05) is 36.4 Å². The van der Waals surface area contributed by atoms with Crippen molar-refractivity contribution in [2.24, 2.45) is 0 Å². The lowest BCUT2D eigenvalue weighted by Crippen LogP contribution is -2.50. The van der Waals surface area contributed by atoms with Gasteiger partial charge in [-0.25, -0.2) is 4.79 Å². The molecule has 1 heterocycles. The van der Waals surface area contributed by atoms with Gasteiger partial charge in [0.2, 0.25) is 5.91 Å². The fourth-order valence-corrected chi connectivity index (χ4v) is 2.86. The van der Waals surface area contributed by atoms with Crippen LogP contribution in [0.5, 0.6) is 0 Å². The van der Waals surface area contributed by atoms with Crippen LogP contribution in [0.3, 0.4) is 0 Å². The summed E-state index contributed by atoms with van der Waals surface area (Å²) in [5.41, 5.74) is 1.86. The maximum absolute atomic E-state index is 12.0. The number of imide groups is 1. The second-order valence-electron chi connectivity index (χ2n) is 5.97. The first-order valence-electron chi connectivity index (χ1n) is 8.39. The lowest BCUT2D eigenvalue weighted by molar-refractivity contribution is -0.121. The van der Waals surface area contributed by atoms with Crippen LogP contribution in [0.4, 0.5) is 16.2 Å². The van der Waals surface area contributed by atoms with Crippen LogP contribution in [0.2, 0.25) is 0 Å². The Morgan fingerprint density at radius 1 is 0.840 bits per heavy atom. The standard InChI is InChI=1S/C19H22N4O2/c24-18(21-19(25)20-16-7-3-1-4-8-16)15-22-11-13-23(14-12-22)17-9-5-2-6-10-17/h1-10H,11-15H2,(H2,20,21,24,25). The van der Waals surface area contributed by atoms with Crippen LogP contribution in [-0.2, 0) is 4.79 Å². The van der Waals surface area contributed by atoms with Crippen molar-refractivity contribution < 1.29 is 9.59 Å². The van der Waals surface area contributed by atoms with Crippen molar-refractivity contribution in [1.82, 2.24) is 10.2 Å². The first-order valence-corrected chi connectivity index (χ1v) is 8.39. The lowest BCUT2D eigenvalue weighted by atomic mass is 10.2. The molecule has 0 atom stereocenters. The molecule has 0 unspecified atom stereocenters. The van der Waals surface area contributed by atoms with Gasteiger partial charge in [-0.15, -0.1) is 0 Å². The van der Waals surface area contributed by atoms with Crippen LogP contribution in [0.25, 0.3) is 0 Å². The third-order valence-corrected chi connectivity index (χ3v) is 4.15. The van der Waals surface area contributed by atoms with Crippen molar-refractivity contribution in [3.8, 4) is 0 Å². The Morgan fingerprint density at radius 2 is 1.44 bits per heavy atom. The summed E-state index contributed by atoms with van der Waals surface area (Å²) in [4.78, 5) is 28.2. The monoisotopic (exact) mass is 338 g/mol. The number of carbonyl (C=O) groups excluding carboxylic acids is 2. The van der Waals surface area contributed by atoms with Crippen molar-refractivity contribution in [3.05, 3.63) is 60.7 Å². The summed E-state index contributed by atoms with van der Waals surface area (Å²) in [6.45, 7) is 3.55. The molecule has 3 rings (SSSR count). The topological polar surface area (TPSA) is 64.7 Å². The number of nitrogens with one attached hydrogen (secondary N) is 2. The number of piperazine rings is 1. The predicted octanol–water partition coefficient (Wildman–Crippen LogP) is 2.16. The second-order valence-corrected chi connectivity index (χ2v) is 5.97. The van der Waals surface area contributed by atoms with Crippen molar-refractivity contribution >= 4 is 23.3 Å². The molecule has 0 radical (unpaired) electrons. The van der Waals surface area contributed by atoms with E-state index in [2.05, 4.69) is 32.6 Å². The fraction of sp³-hybridized carbons (Fsp3) is 0.263. The van der Waals surface area contributed by atoms with Crippen LogP contribution in [0.15, 0.2) is 60.7 Å². The van der Waals surface area contributed by atoms with Gasteiger partial charge < -0.3 is 10.2 Å². The number of carbonyl (C=O) groups is 2. The normalized spacial score (nSPS) is 14.8. The average Bonchev–Trinajstić information content (AvgIpc) is 2.63. The van der Waals surface area contributed by atoms with Crippen molar-refractivity contribution in [1.29, 1.82) is 0 Å². The molecule has 25 heavy (non-hydrogen) atoms. The number of hydrogen-bond donors (Lipinski definition) is 2. The number of hydrogen-bond acceptors (Lipinski definition) is 4. The van der Waals surface area contributed by atoms with Gasteiger partial charge in [0.25, 0.3) is 0 Å². The molecular weight excluding hydrogens is 316 g/mol. The highest BCUT2D eigenvalue weighted by atomic mass is 16.2. The fourth-order valence-electron chi connectivity index (χ4n) is 2.86. The highest BCUT2D eigenvalue weighted by Crippen LogP contribution is 2.15. The Labute approximate surface area is 147 Å². The van der Waals surface area contributed by atoms with Crippen LogP contribution >= 0.6 is 0 Å². The third-order valence-electron chi connectivity index (χ3n) is 4.15. The minimum Gasteiger partial charge on any atom is -0.369 e. The quantitative estimate of drug-likeness (QED) is 0.897. The van der Waals surface area contributed by atoms with Crippen LogP contribution < -0.4 is 15.5 Å². The van der Waals surface area contributed by atoms with Crippen molar-refractivity contribution in [3.63, 3.8) is 0 Å². The van der Waals surface area contributed by atoms with Gasteiger partial charge in [0.15, 0.2) is 0 Å². The summed E-state index contributed by atoms with van der Waals surface area (Å²) < 4.78 is 0. The van der Waals surface area contributed by atoms with Gasteiger partial charge in [0.05, 0.1) is 6.54 Å². The molecule has 6 nitrogen and oxygen atoms in total. The van der Waals surface area contributed by atoms with Gasteiger partial charge in [-0.2, -0.15) is 0 Å². The molecule has 6 heteroatoms. The van der Waals surface area contributed by atoms with Crippen molar-refractivity contribution in [2.45, 2.75) is 0 Å². The van der Waals surface area contributed by atoms with Gasteiger partial charge >= 0.3 is 6.03 Å². The molecule has 0 bridgehead atoms. The molecule has 1 fully saturated rings. The van der Waals surface area contributed by atoms with E-state index >= 15 is 0 Å². The summed E-state index contributed by atoms with van der Waals surface area (Å²) in [5.74, 6) is -0.290. The van der Waals surface area contributed by atoms with Gasteiger partial charge in [-0.3, -0.25) is 15.0 Å². The Kier molecular flexibility index (Phi) is 5.64. The minimum atomic E-state index is -0.501. The molecule has 2 N–H and O–H groups in total. The highest BCUT2D eigenvalue weighted by Gasteiger charge is 2.19. The number of benzene rings is 2. The summed E-state index contributed by atoms with van der Waals surface area (Å²) in [7, 11) is 0. The van der Waals surface area contributed by atoms with Gasteiger partial charge in [0, 0.05) is 37.6 Å². The van der Waals surface area contributed by atoms with E-state index in [0.29, 0.717) is 5.69 Å². The molecule has 130 valence electrons. The zero-order valence-corrected chi connectivity index (χ0v) is 14.0. The number of anilines is 2. The number of urea groups is 1. The summed E-state index contributed by atoms with van der Waals surface area (Å²) in [6, 6.07) is 18.8. The highest BCUT2D eigenvalue weighted by molar-refractivity contribution is 6.01. The third kappa shape index (κ3) is 5.06. The Hall–Kier alpha value is -2.86. The molecule has 2 aromatic carbocycles. The molecule has 0 aliphatic carbocycles. The molecule has 1 aliphatic heterocycles. The van der Waals surface area contributed by atoms with E-state index in [0.717, 1.165) is 26.2 Å². The predicted molar refractivity (Wildman–Crippen MR) is 98.7 cm³/mol. The Balaban J connectivity index is 1.41. The zero-order chi connectivity index (χ0) is 17.5. The maximum atomic E-state index is 12.0. The summed E-state index contributed by atoms with van der Waals surface area (Å²) in [5, 5.41) is 5.02. The molecule has 0 aromatic heterocycles. The van der Waals surface area contributed by atoms with Crippen LogP contribution in [0, 0.1) is 0 Å². The molecule has 2 aromatic rings. The van der Waals surface area contributed by atoms with Crippen molar-refractivity contribution in [2.75, 3.05) is 42.9 Å². The number of para-hydroxylation sites is 2. The first kappa shape index (κ1) is 17.0. The largest absolute Gasteiger partial charge is 0.369 e. The Bertz CT molecular complexity index is 698.